The maximum Gasteiger partial charge on any atom is 0.326 e. The lowest BCUT2D eigenvalue weighted by Gasteiger charge is -2.19. The van der Waals surface area contributed by atoms with Crippen LogP contribution in [-0.2, 0) is 25.7 Å². The predicted octanol–water partition coefficient (Wildman–Crippen LogP) is 2.21. The highest BCUT2D eigenvalue weighted by atomic mass is 35.5. The van der Waals surface area contributed by atoms with Gasteiger partial charge in [-0.2, -0.15) is 0 Å². The Bertz CT molecular complexity index is 870. The van der Waals surface area contributed by atoms with Crippen LogP contribution in [0.3, 0.4) is 0 Å². The van der Waals surface area contributed by atoms with Gasteiger partial charge in [-0.25, -0.2) is 4.98 Å². The summed E-state index contributed by atoms with van der Waals surface area (Å²) >= 11 is 5.93. The van der Waals surface area contributed by atoms with E-state index in [1.54, 1.807) is 28.9 Å². The number of likely N-dealkylation sites (tertiary alicyclic amines) is 1. The highest BCUT2D eigenvalue weighted by Gasteiger charge is 2.48. The summed E-state index contributed by atoms with van der Waals surface area (Å²) in [7, 11) is 0. The van der Waals surface area contributed by atoms with Gasteiger partial charge in [-0.3, -0.25) is 19.3 Å². The summed E-state index contributed by atoms with van der Waals surface area (Å²) in [5, 5.41) is 0.575. The van der Waals surface area contributed by atoms with E-state index in [0.29, 0.717) is 16.4 Å². The second-order valence-corrected chi connectivity index (χ2v) is 7.20. The molecule has 7 nitrogen and oxygen atoms in total. The zero-order valence-electron chi connectivity index (χ0n) is 14.1. The van der Waals surface area contributed by atoms with Crippen molar-refractivity contribution in [3.05, 3.63) is 35.2 Å². The number of nitrogens with zero attached hydrogens (tertiary/aromatic N) is 3. The van der Waals surface area contributed by atoms with Crippen molar-refractivity contribution in [2.75, 3.05) is 6.54 Å². The monoisotopic (exact) mass is 375 g/mol. The zero-order chi connectivity index (χ0) is 18.3. The second-order valence-electron chi connectivity index (χ2n) is 6.77. The van der Waals surface area contributed by atoms with Crippen LogP contribution < -0.4 is 0 Å². The van der Waals surface area contributed by atoms with E-state index < -0.39 is 5.97 Å². The van der Waals surface area contributed by atoms with Crippen LogP contribution in [0.1, 0.15) is 31.4 Å². The summed E-state index contributed by atoms with van der Waals surface area (Å²) in [6.45, 7) is -0.356. The third-order valence-electron chi connectivity index (χ3n) is 5.07. The number of pyridine rings is 1. The molecule has 0 aromatic carbocycles. The highest BCUT2D eigenvalue weighted by Crippen LogP contribution is 2.37. The van der Waals surface area contributed by atoms with Crippen LogP contribution in [0.4, 0.5) is 0 Å². The topological polar surface area (TPSA) is 81.0 Å². The molecule has 0 N–H and O–H groups in total. The first-order valence-electron chi connectivity index (χ1n) is 8.67. The molecular weight excluding hydrogens is 358 g/mol. The molecule has 2 fully saturated rings. The van der Waals surface area contributed by atoms with Crippen molar-refractivity contribution in [2.45, 2.75) is 32.3 Å². The number of fused-ring (bicyclic) bond motifs is 2. The summed E-state index contributed by atoms with van der Waals surface area (Å²) in [4.78, 5) is 42.3. The number of hydrogen-bond donors (Lipinski definition) is 0. The van der Waals surface area contributed by atoms with E-state index in [1.807, 2.05) is 0 Å². The third-order valence-corrected chi connectivity index (χ3v) is 5.29. The van der Waals surface area contributed by atoms with E-state index in [1.165, 1.54) is 0 Å². The summed E-state index contributed by atoms with van der Waals surface area (Å²) < 4.78 is 6.95. The summed E-state index contributed by atoms with van der Waals surface area (Å²) in [5.41, 5.74) is 1.25. The summed E-state index contributed by atoms with van der Waals surface area (Å²) in [6, 6.07) is 3.49. The minimum Gasteiger partial charge on any atom is -0.458 e. The van der Waals surface area contributed by atoms with Gasteiger partial charge in [0.05, 0.1) is 22.6 Å². The number of esters is 1. The van der Waals surface area contributed by atoms with Crippen molar-refractivity contribution in [1.29, 1.82) is 0 Å². The fraction of sp³-hybridized carbons (Fsp3) is 0.444. The molecule has 2 aromatic heterocycles. The summed E-state index contributed by atoms with van der Waals surface area (Å²) in [6.07, 6.45) is 6.79. The predicted molar refractivity (Wildman–Crippen MR) is 92.2 cm³/mol. The lowest BCUT2D eigenvalue weighted by Crippen LogP contribution is -2.36. The molecule has 0 spiro atoms. The van der Waals surface area contributed by atoms with Gasteiger partial charge in [0.2, 0.25) is 11.8 Å². The Kier molecular flexibility index (Phi) is 4.40. The number of rotatable bonds is 4. The first-order chi connectivity index (χ1) is 12.5. The van der Waals surface area contributed by atoms with Gasteiger partial charge in [-0.1, -0.05) is 24.4 Å². The summed E-state index contributed by atoms with van der Waals surface area (Å²) in [5.74, 6) is -1.60. The van der Waals surface area contributed by atoms with Gasteiger partial charge in [0, 0.05) is 12.4 Å². The van der Waals surface area contributed by atoms with Gasteiger partial charge in [0.1, 0.15) is 18.8 Å². The number of imidazole rings is 1. The molecule has 0 bridgehead atoms. The first kappa shape index (κ1) is 17.0. The number of ether oxygens (including phenoxy) is 1. The molecule has 2 amide bonds. The third kappa shape index (κ3) is 3.07. The Labute approximate surface area is 154 Å². The molecule has 4 rings (SSSR count). The molecule has 26 heavy (non-hydrogen) atoms. The minimum atomic E-state index is -0.611. The van der Waals surface area contributed by atoms with Gasteiger partial charge >= 0.3 is 5.97 Å². The molecule has 2 aliphatic rings. The molecule has 1 saturated carbocycles. The lowest BCUT2D eigenvalue weighted by molar-refractivity contribution is -0.153. The van der Waals surface area contributed by atoms with Gasteiger partial charge in [0.25, 0.3) is 0 Å². The molecule has 1 saturated heterocycles. The number of imide groups is 1. The van der Waals surface area contributed by atoms with Gasteiger partial charge in [-0.15, -0.1) is 0 Å². The standard InChI is InChI=1S/C18H18ClN3O4/c19-11-5-6-15-20-12(8-21(15)7-11)10-26-16(23)9-22-17(24)13-3-1-2-4-14(13)18(22)25/h5-8,13-14H,1-4,9-10H2. The van der Waals surface area contributed by atoms with Crippen LogP contribution in [0.15, 0.2) is 24.5 Å². The SMILES string of the molecule is O=C(CN1C(=O)C2CCCCC2C1=O)OCc1cn2cc(Cl)ccc2n1. The maximum atomic E-state index is 12.4. The Morgan fingerprint density at radius 2 is 1.85 bits per heavy atom. The Morgan fingerprint density at radius 1 is 1.15 bits per heavy atom. The van der Waals surface area contributed by atoms with E-state index in [-0.39, 0.29) is 36.8 Å². The van der Waals surface area contributed by atoms with Crippen molar-refractivity contribution in [2.24, 2.45) is 11.8 Å². The highest BCUT2D eigenvalue weighted by molar-refractivity contribution is 6.30. The van der Waals surface area contributed by atoms with E-state index in [2.05, 4.69) is 4.98 Å². The second kappa shape index (κ2) is 6.72. The normalized spacial score (nSPS) is 22.7. The molecule has 1 aliphatic carbocycles. The van der Waals surface area contributed by atoms with Crippen LogP contribution >= 0.6 is 11.6 Å². The van der Waals surface area contributed by atoms with Crippen LogP contribution in [-0.4, -0.2) is 38.6 Å². The molecule has 2 unspecified atom stereocenters. The van der Waals surface area contributed by atoms with Crippen molar-refractivity contribution < 1.29 is 19.1 Å². The molecule has 2 aromatic rings. The maximum absolute atomic E-state index is 12.4. The molecule has 0 radical (unpaired) electrons. The fourth-order valence-electron chi connectivity index (χ4n) is 3.80. The number of halogens is 1. The Balaban J connectivity index is 1.37. The Morgan fingerprint density at radius 3 is 2.54 bits per heavy atom. The smallest absolute Gasteiger partial charge is 0.326 e. The van der Waals surface area contributed by atoms with E-state index >= 15 is 0 Å². The number of aromatic nitrogens is 2. The quantitative estimate of drug-likeness (QED) is 0.604. The van der Waals surface area contributed by atoms with Crippen molar-refractivity contribution in [3.8, 4) is 0 Å². The van der Waals surface area contributed by atoms with Crippen molar-refractivity contribution in [3.63, 3.8) is 0 Å². The van der Waals surface area contributed by atoms with Crippen LogP contribution in [0.2, 0.25) is 5.02 Å². The number of hydrogen-bond acceptors (Lipinski definition) is 5. The number of carbonyl (C=O) groups excluding carboxylic acids is 3. The van der Waals surface area contributed by atoms with Crippen LogP contribution in [0.5, 0.6) is 0 Å². The number of carbonyl (C=O) groups is 3. The van der Waals surface area contributed by atoms with Crippen LogP contribution in [0, 0.1) is 11.8 Å². The van der Waals surface area contributed by atoms with E-state index in [9.17, 15) is 14.4 Å². The minimum absolute atomic E-state index is 0.0266. The first-order valence-corrected chi connectivity index (χ1v) is 9.05. The van der Waals surface area contributed by atoms with Gasteiger partial charge in [0.15, 0.2) is 0 Å². The molecule has 8 heteroatoms. The van der Waals surface area contributed by atoms with Crippen molar-refractivity contribution in [1.82, 2.24) is 14.3 Å². The van der Waals surface area contributed by atoms with Crippen LogP contribution in [0.25, 0.3) is 5.65 Å². The molecule has 2 atom stereocenters. The lowest BCUT2D eigenvalue weighted by atomic mass is 9.81. The Hall–Kier alpha value is -2.41. The van der Waals surface area contributed by atoms with Crippen molar-refractivity contribution >= 4 is 35.0 Å². The van der Waals surface area contributed by atoms with E-state index in [0.717, 1.165) is 30.6 Å². The average molecular weight is 376 g/mol. The average Bonchev–Trinajstić information content (AvgIpc) is 3.14. The van der Waals surface area contributed by atoms with Gasteiger partial charge < -0.3 is 9.14 Å². The molecule has 136 valence electrons. The molecule has 3 heterocycles. The number of amides is 2. The fourth-order valence-corrected chi connectivity index (χ4v) is 3.97. The largest absolute Gasteiger partial charge is 0.458 e. The van der Waals surface area contributed by atoms with E-state index in [4.69, 9.17) is 16.3 Å². The molecule has 1 aliphatic heterocycles. The zero-order valence-corrected chi connectivity index (χ0v) is 14.8. The van der Waals surface area contributed by atoms with Gasteiger partial charge in [-0.05, 0) is 25.0 Å². The molecular formula is C18H18ClN3O4.